The van der Waals surface area contributed by atoms with Crippen LogP contribution in [0.1, 0.15) is 87.1 Å². The zero-order valence-electron chi connectivity index (χ0n) is 33.8. The molecule has 4 aromatic carbocycles. The maximum atomic E-state index is 15.3. The minimum absolute atomic E-state index is 0.0474. The van der Waals surface area contributed by atoms with Gasteiger partial charge in [-0.25, -0.2) is 18.4 Å². The third-order valence-electron chi connectivity index (χ3n) is 10.5. The summed E-state index contributed by atoms with van der Waals surface area (Å²) in [6, 6.07) is 26.5. The van der Waals surface area contributed by atoms with Crippen molar-refractivity contribution in [2.45, 2.75) is 102 Å². The zero-order chi connectivity index (χ0) is 41.6. The number of benzene rings is 4. The van der Waals surface area contributed by atoms with Gasteiger partial charge in [0.1, 0.15) is 24.4 Å². The molecule has 0 spiro atoms. The number of piperidine rings is 2. The van der Waals surface area contributed by atoms with Crippen LogP contribution in [0.2, 0.25) is 0 Å². The maximum absolute atomic E-state index is 15.3. The van der Waals surface area contributed by atoms with Gasteiger partial charge in [0.15, 0.2) is 23.1 Å². The topological polar surface area (TPSA) is 118 Å². The Balaban J connectivity index is 0.971. The number of ether oxygens (including phenoxy) is 4. The summed E-state index contributed by atoms with van der Waals surface area (Å²) in [5.74, 6) is -1.54. The zero-order valence-corrected chi connectivity index (χ0v) is 33.8. The fourth-order valence-corrected chi connectivity index (χ4v) is 7.58. The van der Waals surface area contributed by atoms with Crippen LogP contribution in [0, 0.1) is 11.6 Å². The molecule has 4 unspecified atom stereocenters. The number of halogens is 2. The van der Waals surface area contributed by atoms with Crippen LogP contribution in [-0.4, -0.2) is 81.8 Å². The lowest BCUT2D eigenvalue weighted by atomic mass is 9.87. The molecule has 2 aliphatic rings. The third kappa shape index (κ3) is 11.3. The van der Waals surface area contributed by atoms with Crippen LogP contribution in [0.25, 0.3) is 0 Å². The number of carbonyl (C=O) groups is 2. The Morgan fingerprint density at radius 3 is 1.62 bits per heavy atom. The Hall–Kier alpha value is -5.20. The Morgan fingerprint density at radius 1 is 0.638 bits per heavy atom. The summed E-state index contributed by atoms with van der Waals surface area (Å²) in [4.78, 5) is 28.7. The monoisotopic (exact) mass is 800 g/mol. The highest BCUT2D eigenvalue weighted by atomic mass is 19.1. The summed E-state index contributed by atoms with van der Waals surface area (Å²) in [7, 11) is 0. The molecular weight excluding hydrogens is 747 g/mol. The van der Waals surface area contributed by atoms with E-state index in [0.29, 0.717) is 43.5 Å². The number of carbonyl (C=O) groups excluding carboxylic acids is 2. The molecule has 58 heavy (non-hydrogen) atoms. The maximum Gasteiger partial charge on any atom is 0.410 e. The highest BCUT2D eigenvalue weighted by Gasteiger charge is 2.36. The fourth-order valence-electron chi connectivity index (χ4n) is 7.58. The van der Waals surface area contributed by atoms with Crippen molar-refractivity contribution in [1.29, 1.82) is 0 Å². The standard InChI is InChI=1S/C46H54F2N2O8/c1-45(2,3)57-43(53)49-20-18-35(39(51)26-49)34-15-17-42(38(48)24-34)56-29-32-13-9-12-31(22-32)25-46(4,5)58-44(54)50-21-19-36(40(52)27-50)33-14-16-41(37(47)23-33)55-28-30-10-7-6-8-11-30/h6-17,22-24,35-36,39-40,51-52H,18-21,25-29H2,1-5H3. The highest BCUT2D eigenvalue weighted by molar-refractivity contribution is 5.69. The van der Waals surface area contributed by atoms with Crippen LogP contribution in [-0.2, 0) is 29.1 Å². The van der Waals surface area contributed by atoms with Gasteiger partial charge in [0.05, 0.1) is 25.3 Å². The van der Waals surface area contributed by atoms with Crippen molar-refractivity contribution in [3.05, 3.63) is 130 Å². The lowest BCUT2D eigenvalue weighted by molar-refractivity contribution is -0.00885. The number of hydrogen-bond acceptors (Lipinski definition) is 8. The Kier molecular flexibility index (Phi) is 13.3. The molecule has 4 atom stereocenters. The first-order valence-corrected chi connectivity index (χ1v) is 19.8. The molecule has 0 radical (unpaired) electrons. The van der Waals surface area contributed by atoms with Crippen LogP contribution >= 0.6 is 0 Å². The first kappa shape index (κ1) is 42.4. The number of likely N-dealkylation sites (tertiary alicyclic amines) is 2. The van der Waals surface area contributed by atoms with Crippen molar-refractivity contribution in [1.82, 2.24) is 9.80 Å². The summed E-state index contributed by atoms with van der Waals surface area (Å²) >= 11 is 0. The van der Waals surface area contributed by atoms with E-state index < -0.39 is 47.2 Å². The molecule has 2 saturated heterocycles. The molecule has 6 rings (SSSR count). The van der Waals surface area contributed by atoms with Crippen LogP contribution in [0.4, 0.5) is 18.4 Å². The highest BCUT2D eigenvalue weighted by Crippen LogP contribution is 2.34. The van der Waals surface area contributed by atoms with E-state index in [1.807, 2.05) is 68.4 Å². The second kappa shape index (κ2) is 18.2. The van der Waals surface area contributed by atoms with E-state index in [2.05, 4.69) is 0 Å². The van der Waals surface area contributed by atoms with Gasteiger partial charge in [-0.05, 0) is 99.5 Å². The minimum Gasteiger partial charge on any atom is -0.486 e. The van der Waals surface area contributed by atoms with E-state index in [-0.39, 0.29) is 49.6 Å². The van der Waals surface area contributed by atoms with E-state index in [9.17, 15) is 24.2 Å². The van der Waals surface area contributed by atoms with Gasteiger partial charge in [-0.3, -0.25) is 0 Å². The van der Waals surface area contributed by atoms with E-state index in [4.69, 9.17) is 18.9 Å². The first-order valence-electron chi connectivity index (χ1n) is 19.8. The normalized spacial score (nSPS) is 20.0. The van der Waals surface area contributed by atoms with Crippen molar-refractivity contribution in [2.24, 2.45) is 0 Å². The second-order valence-electron chi connectivity index (χ2n) is 16.9. The molecule has 4 aromatic rings. The minimum atomic E-state index is -0.909. The second-order valence-corrected chi connectivity index (χ2v) is 16.9. The van der Waals surface area contributed by atoms with Gasteiger partial charge in [0, 0.05) is 31.3 Å². The average Bonchev–Trinajstić information content (AvgIpc) is 3.16. The molecule has 0 aliphatic carbocycles. The molecule has 2 N–H and O–H groups in total. The molecule has 0 aromatic heterocycles. The number of hydrogen-bond donors (Lipinski definition) is 2. The summed E-state index contributed by atoms with van der Waals surface area (Å²) < 4.78 is 53.1. The van der Waals surface area contributed by atoms with Gasteiger partial charge in [0.2, 0.25) is 0 Å². The van der Waals surface area contributed by atoms with Crippen molar-refractivity contribution in [2.75, 3.05) is 26.2 Å². The van der Waals surface area contributed by atoms with E-state index in [1.165, 1.54) is 21.9 Å². The Bertz CT molecular complexity index is 2040. The summed E-state index contributed by atoms with van der Waals surface area (Å²) in [5, 5.41) is 21.9. The van der Waals surface area contributed by atoms with E-state index in [1.54, 1.807) is 45.0 Å². The van der Waals surface area contributed by atoms with Crippen molar-refractivity contribution in [3.63, 3.8) is 0 Å². The average molecular weight is 801 g/mol. The largest absolute Gasteiger partial charge is 0.486 e. The summed E-state index contributed by atoms with van der Waals surface area (Å²) in [5.41, 5.74) is 2.34. The number of aliphatic hydroxyl groups is 2. The number of β-amino-alcohol motifs (C(OH)–C–C–N with tert-alkyl or cyclic N) is 2. The third-order valence-corrected chi connectivity index (χ3v) is 10.5. The molecular formula is C46H54F2N2O8. The van der Waals surface area contributed by atoms with Gasteiger partial charge in [-0.15, -0.1) is 0 Å². The molecule has 2 aliphatic heterocycles. The predicted molar refractivity (Wildman–Crippen MR) is 215 cm³/mol. The number of nitrogens with zero attached hydrogens (tertiary/aromatic N) is 2. The molecule has 2 fully saturated rings. The van der Waals surface area contributed by atoms with Gasteiger partial charge < -0.3 is 39.0 Å². The molecule has 2 amide bonds. The number of rotatable bonds is 11. The molecule has 0 bridgehead atoms. The lowest BCUT2D eigenvalue weighted by Crippen LogP contribution is -2.48. The SMILES string of the molecule is CC(C)(C)OC(=O)N1CCC(c2ccc(OCc3cccc(CC(C)(C)OC(=O)N4CCC(c5ccc(OCc6ccccc6)c(F)c5)C(O)C4)c3)c(F)c2)C(O)C1. The first-order chi connectivity index (χ1) is 27.5. The van der Waals surface area contributed by atoms with E-state index in [0.717, 1.165) is 16.7 Å². The van der Waals surface area contributed by atoms with Gasteiger partial charge in [0.25, 0.3) is 0 Å². The molecule has 310 valence electrons. The van der Waals surface area contributed by atoms with E-state index >= 15 is 4.39 Å². The molecule has 0 saturated carbocycles. The molecule has 2 heterocycles. The van der Waals surface area contributed by atoms with Gasteiger partial charge >= 0.3 is 12.2 Å². The van der Waals surface area contributed by atoms with Gasteiger partial charge in [-0.1, -0.05) is 66.7 Å². The summed E-state index contributed by atoms with van der Waals surface area (Å²) in [6.07, 6.45) is -1.52. The van der Waals surface area contributed by atoms with Gasteiger partial charge in [-0.2, -0.15) is 0 Å². The van der Waals surface area contributed by atoms with Crippen LogP contribution in [0.3, 0.4) is 0 Å². The summed E-state index contributed by atoms with van der Waals surface area (Å²) in [6.45, 7) is 10.2. The van der Waals surface area contributed by atoms with Crippen molar-refractivity contribution in [3.8, 4) is 11.5 Å². The number of amides is 2. The number of aliphatic hydroxyl groups excluding tert-OH is 2. The fraction of sp³-hybridized carbons (Fsp3) is 0.435. The van der Waals surface area contributed by atoms with Crippen LogP contribution in [0.5, 0.6) is 11.5 Å². The van der Waals surface area contributed by atoms with Crippen molar-refractivity contribution >= 4 is 12.2 Å². The molecule has 12 heteroatoms. The van der Waals surface area contributed by atoms with Crippen molar-refractivity contribution < 1.29 is 47.5 Å². The Labute approximate surface area is 339 Å². The van der Waals surface area contributed by atoms with Crippen LogP contribution in [0.15, 0.2) is 91.0 Å². The Morgan fingerprint density at radius 2 is 1.12 bits per heavy atom. The van der Waals surface area contributed by atoms with Crippen LogP contribution < -0.4 is 9.47 Å². The smallest absolute Gasteiger partial charge is 0.410 e. The lowest BCUT2D eigenvalue weighted by Gasteiger charge is -2.37. The predicted octanol–water partition coefficient (Wildman–Crippen LogP) is 8.52. The molecule has 10 nitrogen and oxygen atoms in total. The quantitative estimate of drug-likeness (QED) is 0.155.